The van der Waals surface area contributed by atoms with E-state index in [1.54, 1.807) is 0 Å². The molecule has 1 fully saturated rings. The van der Waals surface area contributed by atoms with Crippen LogP contribution in [0.2, 0.25) is 0 Å². The minimum absolute atomic E-state index is 0.306. The van der Waals surface area contributed by atoms with Gasteiger partial charge in [0, 0.05) is 37.6 Å². The van der Waals surface area contributed by atoms with Crippen LogP contribution >= 0.6 is 0 Å². The second-order valence-electron chi connectivity index (χ2n) is 8.14. The molecule has 1 aliphatic rings. The first-order valence-corrected chi connectivity index (χ1v) is 11.4. The van der Waals surface area contributed by atoms with E-state index in [9.17, 15) is 0 Å². The molecule has 0 radical (unpaired) electrons. The second kappa shape index (κ2) is 10.5. The lowest BCUT2D eigenvalue weighted by atomic mass is 9.98. The van der Waals surface area contributed by atoms with Crippen molar-refractivity contribution in [1.82, 2.24) is 4.98 Å². The van der Waals surface area contributed by atoms with Gasteiger partial charge in [0.05, 0.1) is 0 Å². The van der Waals surface area contributed by atoms with Gasteiger partial charge in [-0.3, -0.25) is 0 Å². The Morgan fingerprint density at radius 2 is 1.93 bits per heavy atom. The average molecular weight is 396 g/mol. The van der Waals surface area contributed by atoms with Crippen molar-refractivity contribution in [1.29, 1.82) is 0 Å². The first-order chi connectivity index (χ1) is 14.2. The molecular formula is C25H37N3O. The fourth-order valence-electron chi connectivity index (χ4n) is 4.13. The van der Waals surface area contributed by atoms with Gasteiger partial charge in [0.2, 0.25) is 5.88 Å². The average Bonchev–Trinajstić information content (AvgIpc) is 2.76. The first-order valence-electron chi connectivity index (χ1n) is 11.4. The number of nitrogens with one attached hydrogen (secondary N) is 1. The SMILES string of the molecule is CCCCN(CC)c1cc(-c2cc(NC)ccc2C)cnc1OC1CCCCC1. The minimum atomic E-state index is 0.306. The summed E-state index contributed by atoms with van der Waals surface area (Å²) in [5, 5.41) is 3.25. The molecule has 158 valence electrons. The van der Waals surface area contributed by atoms with Gasteiger partial charge in [0.1, 0.15) is 11.8 Å². The van der Waals surface area contributed by atoms with Gasteiger partial charge in [-0.25, -0.2) is 4.98 Å². The predicted molar refractivity (Wildman–Crippen MR) is 124 cm³/mol. The molecule has 0 aliphatic heterocycles. The molecule has 4 nitrogen and oxygen atoms in total. The van der Waals surface area contributed by atoms with Gasteiger partial charge >= 0.3 is 0 Å². The fraction of sp³-hybridized carbons (Fsp3) is 0.560. The van der Waals surface area contributed by atoms with Crippen LogP contribution in [0.5, 0.6) is 5.88 Å². The van der Waals surface area contributed by atoms with E-state index in [2.05, 4.69) is 55.3 Å². The molecule has 1 heterocycles. The monoisotopic (exact) mass is 395 g/mol. The number of pyridine rings is 1. The molecule has 1 aromatic carbocycles. The summed E-state index contributed by atoms with van der Waals surface area (Å²) < 4.78 is 6.45. The van der Waals surface area contributed by atoms with Gasteiger partial charge in [-0.2, -0.15) is 0 Å². The van der Waals surface area contributed by atoms with Crippen LogP contribution in [-0.2, 0) is 0 Å². The Kier molecular flexibility index (Phi) is 7.79. The maximum absolute atomic E-state index is 6.45. The highest BCUT2D eigenvalue weighted by Gasteiger charge is 2.20. The molecule has 0 unspecified atom stereocenters. The lowest BCUT2D eigenvalue weighted by Crippen LogP contribution is -2.27. The highest BCUT2D eigenvalue weighted by atomic mass is 16.5. The number of hydrogen-bond acceptors (Lipinski definition) is 4. The molecule has 1 aromatic heterocycles. The van der Waals surface area contributed by atoms with Crippen molar-refractivity contribution < 1.29 is 4.74 Å². The third-order valence-electron chi connectivity index (χ3n) is 6.00. The van der Waals surface area contributed by atoms with E-state index in [1.165, 1.54) is 43.2 Å². The molecule has 29 heavy (non-hydrogen) atoms. The van der Waals surface area contributed by atoms with Gasteiger partial charge in [-0.05, 0) is 75.3 Å². The van der Waals surface area contributed by atoms with E-state index >= 15 is 0 Å². The lowest BCUT2D eigenvalue weighted by Gasteiger charge is -2.28. The van der Waals surface area contributed by atoms with Crippen molar-refractivity contribution >= 4 is 11.4 Å². The summed E-state index contributed by atoms with van der Waals surface area (Å²) >= 11 is 0. The van der Waals surface area contributed by atoms with Crippen LogP contribution < -0.4 is 15.0 Å². The number of aromatic nitrogens is 1. The molecule has 2 aromatic rings. The van der Waals surface area contributed by atoms with E-state index in [1.807, 2.05) is 13.2 Å². The van der Waals surface area contributed by atoms with E-state index in [0.29, 0.717) is 6.10 Å². The number of unbranched alkanes of at least 4 members (excludes halogenated alkanes) is 1. The maximum atomic E-state index is 6.45. The molecule has 4 heteroatoms. The fourth-order valence-corrected chi connectivity index (χ4v) is 4.13. The number of aryl methyl sites for hydroxylation is 1. The van der Waals surface area contributed by atoms with Crippen molar-refractivity contribution in [2.45, 2.75) is 71.8 Å². The van der Waals surface area contributed by atoms with Gasteiger partial charge in [-0.15, -0.1) is 0 Å². The number of hydrogen-bond donors (Lipinski definition) is 1. The van der Waals surface area contributed by atoms with Crippen LogP contribution in [0.15, 0.2) is 30.5 Å². The number of rotatable bonds is 9. The second-order valence-corrected chi connectivity index (χ2v) is 8.14. The van der Waals surface area contributed by atoms with Crippen LogP contribution in [0.25, 0.3) is 11.1 Å². The summed E-state index contributed by atoms with van der Waals surface area (Å²) in [5.74, 6) is 0.807. The standard InChI is InChI=1S/C25H37N3O/c1-5-7-15-28(6-2)24-16-20(23-17-21(26-4)14-13-19(23)3)18-27-25(24)29-22-11-9-8-10-12-22/h13-14,16-18,22,26H,5-12,15H2,1-4H3. The van der Waals surface area contributed by atoms with Gasteiger partial charge in [0.25, 0.3) is 0 Å². The van der Waals surface area contributed by atoms with E-state index in [4.69, 9.17) is 9.72 Å². The Labute approximate surface area is 176 Å². The minimum Gasteiger partial charge on any atom is -0.473 e. The largest absolute Gasteiger partial charge is 0.473 e. The quantitative estimate of drug-likeness (QED) is 0.530. The van der Waals surface area contributed by atoms with E-state index in [0.717, 1.165) is 48.7 Å². The first kappa shape index (κ1) is 21.5. The molecule has 1 saturated carbocycles. The summed E-state index contributed by atoms with van der Waals surface area (Å²) in [5.41, 5.74) is 5.89. The van der Waals surface area contributed by atoms with Crippen LogP contribution in [0.1, 0.15) is 64.4 Å². The molecule has 0 spiro atoms. The number of anilines is 2. The summed E-state index contributed by atoms with van der Waals surface area (Å²) in [7, 11) is 1.96. The molecule has 1 N–H and O–H groups in total. The lowest BCUT2D eigenvalue weighted by molar-refractivity contribution is 0.149. The topological polar surface area (TPSA) is 37.4 Å². The van der Waals surface area contributed by atoms with Crippen molar-refractivity contribution in [3.05, 3.63) is 36.0 Å². The van der Waals surface area contributed by atoms with E-state index < -0.39 is 0 Å². The summed E-state index contributed by atoms with van der Waals surface area (Å²) in [4.78, 5) is 7.26. The number of nitrogens with zero attached hydrogens (tertiary/aromatic N) is 2. The third kappa shape index (κ3) is 5.43. The Morgan fingerprint density at radius 1 is 1.14 bits per heavy atom. The van der Waals surface area contributed by atoms with Crippen LogP contribution in [-0.4, -0.2) is 31.2 Å². The summed E-state index contributed by atoms with van der Waals surface area (Å²) in [6.45, 7) is 8.63. The van der Waals surface area contributed by atoms with Crippen LogP contribution in [0, 0.1) is 6.92 Å². The normalized spacial score (nSPS) is 14.6. The Bertz CT molecular complexity index is 784. The van der Waals surface area contributed by atoms with Gasteiger partial charge < -0.3 is 15.0 Å². The number of ether oxygens (including phenoxy) is 1. The zero-order valence-electron chi connectivity index (χ0n) is 18.6. The Hall–Kier alpha value is -2.23. The van der Waals surface area contributed by atoms with Crippen LogP contribution in [0.4, 0.5) is 11.4 Å². The number of benzene rings is 1. The van der Waals surface area contributed by atoms with Crippen molar-refractivity contribution in [2.24, 2.45) is 0 Å². The Balaban J connectivity index is 1.98. The summed E-state index contributed by atoms with van der Waals surface area (Å²) in [6.07, 6.45) is 10.8. The van der Waals surface area contributed by atoms with Crippen molar-refractivity contribution in [2.75, 3.05) is 30.4 Å². The van der Waals surface area contributed by atoms with Gasteiger partial charge in [-0.1, -0.05) is 25.8 Å². The van der Waals surface area contributed by atoms with E-state index in [-0.39, 0.29) is 0 Å². The molecular weight excluding hydrogens is 358 g/mol. The molecule has 0 amide bonds. The zero-order valence-corrected chi connectivity index (χ0v) is 18.6. The molecule has 0 saturated heterocycles. The zero-order chi connectivity index (χ0) is 20.6. The van der Waals surface area contributed by atoms with Crippen molar-refractivity contribution in [3.63, 3.8) is 0 Å². The molecule has 3 rings (SSSR count). The van der Waals surface area contributed by atoms with Crippen molar-refractivity contribution in [3.8, 4) is 17.0 Å². The maximum Gasteiger partial charge on any atom is 0.237 e. The molecule has 0 bridgehead atoms. The van der Waals surface area contributed by atoms with Crippen LogP contribution in [0.3, 0.4) is 0 Å². The molecule has 1 aliphatic carbocycles. The highest BCUT2D eigenvalue weighted by molar-refractivity contribution is 5.75. The molecule has 0 atom stereocenters. The smallest absolute Gasteiger partial charge is 0.237 e. The third-order valence-corrected chi connectivity index (χ3v) is 6.00. The summed E-state index contributed by atoms with van der Waals surface area (Å²) in [6, 6.07) is 8.78. The predicted octanol–water partition coefficient (Wildman–Crippen LogP) is 6.44. The van der Waals surface area contributed by atoms with Gasteiger partial charge in [0.15, 0.2) is 0 Å². The Morgan fingerprint density at radius 3 is 2.62 bits per heavy atom. The highest BCUT2D eigenvalue weighted by Crippen LogP contribution is 2.35.